The Bertz CT molecular complexity index is 756. The van der Waals surface area contributed by atoms with Crippen LogP contribution < -0.4 is 11.1 Å². The van der Waals surface area contributed by atoms with E-state index in [0.29, 0.717) is 42.9 Å². The summed E-state index contributed by atoms with van der Waals surface area (Å²) >= 11 is 0. The van der Waals surface area contributed by atoms with Crippen LogP contribution in [0.3, 0.4) is 0 Å². The Kier molecular flexibility index (Phi) is 7.00. The molecular formula is C20H29ClN4O2. The summed E-state index contributed by atoms with van der Waals surface area (Å²) in [5.74, 6) is 1.99. The SMILES string of the molecule is CC(C)c1ccc(-c2noc(CCC(=O)NC(C)(CN)C3CC3)n2)cc1.Cl. The lowest BCUT2D eigenvalue weighted by Gasteiger charge is -2.29. The number of benzene rings is 1. The van der Waals surface area contributed by atoms with Crippen LogP contribution in [-0.2, 0) is 11.2 Å². The predicted molar refractivity (Wildman–Crippen MR) is 108 cm³/mol. The average Bonchev–Trinajstić information content (AvgIpc) is 3.39. The van der Waals surface area contributed by atoms with Gasteiger partial charge >= 0.3 is 0 Å². The van der Waals surface area contributed by atoms with E-state index in [1.807, 2.05) is 19.1 Å². The second-order valence-corrected chi connectivity index (χ2v) is 7.73. The van der Waals surface area contributed by atoms with Crippen molar-refractivity contribution in [1.29, 1.82) is 0 Å². The molecule has 1 saturated carbocycles. The van der Waals surface area contributed by atoms with Crippen molar-refractivity contribution < 1.29 is 9.32 Å². The van der Waals surface area contributed by atoms with Gasteiger partial charge in [0.25, 0.3) is 0 Å². The summed E-state index contributed by atoms with van der Waals surface area (Å²) in [7, 11) is 0. The van der Waals surface area contributed by atoms with Gasteiger partial charge in [0, 0.05) is 24.9 Å². The Hall–Kier alpha value is -1.92. The summed E-state index contributed by atoms with van der Waals surface area (Å²) in [6, 6.07) is 8.15. The minimum atomic E-state index is -0.296. The highest BCUT2D eigenvalue weighted by atomic mass is 35.5. The van der Waals surface area contributed by atoms with Crippen LogP contribution in [0.4, 0.5) is 0 Å². The fourth-order valence-corrected chi connectivity index (χ4v) is 3.13. The number of rotatable bonds is 8. The van der Waals surface area contributed by atoms with Gasteiger partial charge in [-0.25, -0.2) is 0 Å². The summed E-state index contributed by atoms with van der Waals surface area (Å²) in [5.41, 5.74) is 7.73. The largest absolute Gasteiger partial charge is 0.349 e. The zero-order chi connectivity index (χ0) is 18.7. The second-order valence-electron chi connectivity index (χ2n) is 7.73. The van der Waals surface area contributed by atoms with Gasteiger partial charge in [-0.3, -0.25) is 4.79 Å². The number of nitrogens with one attached hydrogen (secondary N) is 1. The topological polar surface area (TPSA) is 94.0 Å². The predicted octanol–water partition coefficient (Wildman–Crippen LogP) is 3.46. The van der Waals surface area contributed by atoms with Crippen LogP contribution in [-0.4, -0.2) is 28.1 Å². The Morgan fingerprint density at radius 3 is 2.56 bits per heavy atom. The molecule has 3 N–H and O–H groups in total. The number of aromatic nitrogens is 2. The van der Waals surface area contributed by atoms with Crippen molar-refractivity contribution in [2.45, 2.75) is 57.9 Å². The average molecular weight is 393 g/mol. The third kappa shape index (κ3) is 5.30. The molecule has 6 nitrogen and oxygen atoms in total. The second kappa shape index (κ2) is 8.85. The van der Waals surface area contributed by atoms with Crippen LogP contribution in [0.25, 0.3) is 11.4 Å². The van der Waals surface area contributed by atoms with Gasteiger partial charge < -0.3 is 15.6 Å². The van der Waals surface area contributed by atoms with Crippen molar-refractivity contribution >= 4 is 18.3 Å². The molecule has 0 radical (unpaired) electrons. The molecule has 0 aliphatic heterocycles. The van der Waals surface area contributed by atoms with Crippen molar-refractivity contribution in [2.24, 2.45) is 11.7 Å². The lowest BCUT2D eigenvalue weighted by molar-refractivity contribution is -0.123. The molecule has 27 heavy (non-hydrogen) atoms. The maximum absolute atomic E-state index is 12.2. The number of carbonyl (C=O) groups excluding carboxylic acids is 1. The highest BCUT2D eigenvalue weighted by molar-refractivity contribution is 5.85. The van der Waals surface area contributed by atoms with Crippen molar-refractivity contribution in [3.8, 4) is 11.4 Å². The molecule has 1 atom stereocenters. The first-order valence-electron chi connectivity index (χ1n) is 9.35. The quantitative estimate of drug-likeness (QED) is 0.717. The number of amides is 1. The zero-order valence-electron chi connectivity index (χ0n) is 16.2. The number of carbonyl (C=O) groups is 1. The van der Waals surface area contributed by atoms with Gasteiger partial charge in [0.15, 0.2) is 0 Å². The molecule has 1 aromatic carbocycles. The van der Waals surface area contributed by atoms with Crippen LogP contribution in [0.5, 0.6) is 0 Å². The standard InChI is InChI=1S/C20H28N4O2.ClH/c1-13(2)14-4-6-15(7-5-14)19-22-18(26-24-19)11-10-17(25)23-20(3,12-21)16-8-9-16;/h4-7,13,16H,8-12,21H2,1-3H3,(H,23,25);1H. The summed E-state index contributed by atoms with van der Waals surface area (Å²) < 4.78 is 5.30. The Balaban J connectivity index is 0.00000261. The number of aryl methyl sites for hydroxylation is 1. The Labute approximate surface area is 166 Å². The van der Waals surface area contributed by atoms with E-state index in [4.69, 9.17) is 10.3 Å². The van der Waals surface area contributed by atoms with Gasteiger partial charge in [-0.2, -0.15) is 4.98 Å². The minimum Gasteiger partial charge on any atom is -0.349 e. The van der Waals surface area contributed by atoms with E-state index in [9.17, 15) is 4.79 Å². The van der Waals surface area contributed by atoms with Crippen LogP contribution in [0.15, 0.2) is 28.8 Å². The first-order valence-corrected chi connectivity index (χ1v) is 9.35. The summed E-state index contributed by atoms with van der Waals surface area (Å²) in [4.78, 5) is 16.7. The van der Waals surface area contributed by atoms with Crippen molar-refractivity contribution in [2.75, 3.05) is 6.54 Å². The molecule has 1 heterocycles. The normalized spacial score (nSPS) is 15.9. The Morgan fingerprint density at radius 2 is 2.00 bits per heavy atom. The van der Waals surface area contributed by atoms with Crippen LogP contribution >= 0.6 is 12.4 Å². The molecule has 7 heteroatoms. The van der Waals surface area contributed by atoms with Crippen molar-refractivity contribution in [3.05, 3.63) is 35.7 Å². The van der Waals surface area contributed by atoms with Gasteiger partial charge in [-0.05, 0) is 37.2 Å². The maximum atomic E-state index is 12.2. The number of hydrogen-bond donors (Lipinski definition) is 2. The molecule has 0 saturated heterocycles. The summed E-state index contributed by atoms with van der Waals surface area (Å²) in [5, 5.41) is 7.11. The maximum Gasteiger partial charge on any atom is 0.227 e. The minimum absolute atomic E-state index is 0. The van der Waals surface area contributed by atoms with Gasteiger partial charge in [0.1, 0.15) is 0 Å². The molecule has 1 unspecified atom stereocenters. The van der Waals surface area contributed by atoms with E-state index in [0.717, 1.165) is 18.4 Å². The van der Waals surface area contributed by atoms with Gasteiger partial charge in [0.2, 0.25) is 17.6 Å². The molecule has 1 fully saturated rings. The van der Waals surface area contributed by atoms with E-state index in [-0.39, 0.29) is 23.9 Å². The molecule has 0 bridgehead atoms. The van der Waals surface area contributed by atoms with E-state index < -0.39 is 0 Å². The molecule has 3 rings (SSSR count). The monoisotopic (exact) mass is 392 g/mol. The smallest absolute Gasteiger partial charge is 0.227 e. The molecule has 1 aliphatic rings. The Morgan fingerprint density at radius 1 is 1.33 bits per heavy atom. The fourth-order valence-electron chi connectivity index (χ4n) is 3.13. The van der Waals surface area contributed by atoms with Crippen LogP contribution in [0.2, 0.25) is 0 Å². The first kappa shape index (κ1) is 21.4. The van der Waals surface area contributed by atoms with Gasteiger partial charge in [0.05, 0.1) is 5.54 Å². The van der Waals surface area contributed by atoms with E-state index in [2.05, 4.69) is 41.4 Å². The third-order valence-electron chi connectivity index (χ3n) is 5.20. The fraction of sp³-hybridized carbons (Fsp3) is 0.550. The van der Waals surface area contributed by atoms with E-state index in [1.165, 1.54) is 5.56 Å². The van der Waals surface area contributed by atoms with Crippen molar-refractivity contribution in [1.82, 2.24) is 15.5 Å². The number of hydrogen-bond acceptors (Lipinski definition) is 5. The van der Waals surface area contributed by atoms with Crippen LogP contribution in [0.1, 0.15) is 57.4 Å². The summed E-state index contributed by atoms with van der Waals surface area (Å²) in [6.45, 7) is 6.80. The zero-order valence-corrected chi connectivity index (χ0v) is 17.0. The summed E-state index contributed by atoms with van der Waals surface area (Å²) in [6.07, 6.45) is 3.01. The number of nitrogens with zero attached hydrogens (tertiary/aromatic N) is 2. The lowest BCUT2D eigenvalue weighted by Crippen LogP contribution is -2.53. The van der Waals surface area contributed by atoms with Gasteiger partial charge in [-0.15, -0.1) is 12.4 Å². The number of nitrogens with two attached hydrogens (primary N) is 1. The molecule has 1 aliphatic carbocycles. The van der Waals surface area contributed by atoms with E-state index >= 15 is 0 Å². The molecule has 148 valence electrons. The third-order valence-corrected chi connectivity index (χ3v) is 5.20. The molecule has 0 spiro atoms. The first-order chi connectivity index (χ1) is 12.4. The molecule has 1 amide bonds. The van der Waals surface area contributed by atoms with E-state index in [1.54, 1.807) is 0 Å². The number of halogens is 1. The molecule has 2 aromatic rings. The van der Waals surface area contributed by atoms with Crippen molar-refractivity contribution in [3.63, 3.8) is 0 Å². The highest BCUT2D eigenvalue weighted by Crippen LogP contribution is 2.39. The molecule has 1 aromatic heterocycles. The van der Waals surface area contributed by atoms with Crippen LogP contribution in [0, 0.1) is 5.92 Å². The van der Waals surface area contributed by atoms with Gasteiger partial charge in [-0.1, -0.05) is 43.3 Å². The molecular weight excluding hydrogens is 364 g/mol. The highest BCUT2D eigenvalue weighted by Gasteiger charge is 2.41. The lowest BCUT2D eigenvalue weighted by atomic mass is 9.95.